The number of anilines is 1. The summed E-state index contributed by atoms with van der Waals surface area (Å²) in [5.41, 5.74) is 7.11. The van der Waals surface area contributed by atoms with Crippen molar-refractivity contribution in [1.82, 2.24) is 4.90 Å². The minimum atomic E-state index is -0.451. The smallest absolute Gasteiger partial charge is 0.410 e. The lowest BCUT2D eigenvalue weighted by Crippen LogP contribution is -2.47. The number of benzene rings is 1. The second-order valence-corrected chi connectivity index (χ2v) is 5.65. The summed E-state index contributed by atoms with van der Waals surface area (Å²) in [6, 6.07) is 7.78. The molecule has 1 fully saturated rings. The Kier molecular flexibility index (Phi) is 3.20. The van der Waals surface area contributed by atoms with Crippen molar-refractivity contribution in [1.29, 1.82) is 0 Å². The van der Waals surface area contributed by atoms with Crippen LogP contribution in [0.4, 0.5) is 10.5 Å². The van der Waals surface area contributed by atoms with Gasteiger partial charge in [0.25, 0.3) is 0 Å². The average Bonchev–Trinajstić information content (AvgIpc) is 2.12. The summed E-state index contributed by atoms with van der Waals surface area (Å²) in [6.07, 6.45) is 0.712. The number of rotatable bonds is 1. The highest BCUT2D eigenvalue weighted by Gasteiger charge is 2.36. The molecular weight excluding hydrogens is 228 g/mol. The SMILES string of the molecule is CC(C)(C)OC(=O)N1CCC1c1cccc(N)c1. The molecule has 0 aliphatic carbocycles. The summed E-state index contributed by atoms with van der Waals surface area (Å²) in [5, 5.41) is 0. The Morgan fingerprint density at radius 3 is 2.67 bits per heavy atom. The van der Waals surface area contributed by atoms with Gasteiger partial charge in [-0.1, -0.05) is 12.1 Å². The van der Waals surface area contributed by atoms with Gasteiger partial charge in [0, 0.05) is 12.2 Å². The van der Waals surface area contributed by atoms with E-state index in [4.69, 9.17) is 10.5 Å². The molecule has 2 rings (SSSR count). The van der Waals surface area contributed by atoms with Gasteiger partial charge in [-0.05, 0) is 44.9 Å². The highest BCUT2D eigenvalue weighted by atomic mass is 16.6. The van der Waals surface area contributed by atoms with Crippen LogP contribution in [0.25, 0.3) is 0 Å². The number of hydrogen-bond donors (Lipinski definition) is 1. The molecule has 0 bridgehead atoms. The van der Waals surface area contributed by atoms with E-state index in [-0.39, 0.29) is 12.1 Å². The Morgan fingerprint density at radius 1 is 1.44 bits per heavy atom. The highest BCUT2D eigenvalue weighted by Crippen LogP contribution is 2.34. The van der Waals surface area contributed by atoms with E-state index in [1.165, 1.54) is 0 Å². The lowest BCUT2D eigenvalue weighted by Gasteiger charge is -2.41. The number of amides is 1. The third-order valence-electron chi connectivity index (χ3n) is 2.94. The summed E-state index contributed by atoms with van der Waals surface area (Å²) in [6.45, 7) is 6.37. The maximum Gasteiger partial charge on any atom is 0.410 e. The van der Waals surface area contributed by atoms with E-state index in [1.54, 1.807) is 4.90 Å². The molecule has 1 aromatic rings. The van der Waals surface area contributed by atoms with E-state index in [9.17, 15) is 4.79 Å². The summed E-state index contributed by atoms with van der Waals surface area (Å²) >= 11 is 0. The monoisotopic (exact) mass is 248 g/mol. The minimum absolute atomic E-state index is 0.100. The van der Waals surface area contributed by atoms with E-state index in [1.807, 2.05) is 45.0 Å². The van der Waals surface area contributed by atoms with Crippen LogP contribution in [0.2, 0.25) is 0 Å². The normalized spacial score (nSPS) is 19.3. The van der Waals surface area contributed by atoms with Gasteiger partial charge in [0.1, 0.15) is 5.60 Å². The van der Waals surface area contributed by atoms with Crippen molar-refractivity contribution in [2.75, 3.05) is 12.3 Å². The van der Waals surface area contributed by atoms with E-state index < -0.39 is 5.60 Å². The maximum absolute atomic E-state index is 12.0. The van der Waals surface area contributed by atoms with Crippen LogP contribution in [-0.2, 0) is 4.74 Å². The standard InChI is InChI=1S/C14H20N2O2/c1-14(2,3)18-13(17)16-8-7-12(16)10-5-4-6-11(15)9-10/h4-6,9,12H,7-8,15H2,1-3H3. The molecule has 1 aromatic carbocycles. The minimum Gasteiger partial charge on any atom is -0.444 e. The zero-order chi connectivity index (χ0) is 13.3. The van der Waals surface area contributed by atoms with Crippen LogP contribution < -0.4 is 5.73 Å². The Labute approximate surface area is 108 Å². The molecule has 2 N–H and O–H groups in total. The van der Waals surface area contributed by atoms with E-state index in [0.29, 0.717) is 0 Å². The van der Waals surface area contributed by atoms with Crippen molar-refractivity contribution in [3.8, 4) is 0 Å². The lowest BCUT2D eigenvalue weighted by atomic mass is 9.95. The number of nitrogens with zero attached hydrogens (tertiary/aromatic N) is 1. The molecular formula is C14H20N2O2. The molecule has 1 aliphatic rings. The van der Waals surface area contributed by atoms with Crippen LogP contribution in [0, 0.1) is 0 Å². The summed E-state index contributed by atoms with van der Waals surface area (Å²) in [4.78, 5) is 13.7. The highest BCUT2D eigenvalue weighted by molar-refractivity contribution is 5.70. The number of nitrogens with two attached hydrogens (primary N) is 1. The average molecular weight is 248 g/mol. The number of hydrogen-bond acceptors (Lipinski definition) is 3. The molecule has 1 heterocycles. The fourth-order valence-electron chi connectivity index (χ4n) is 2.04. The van der Waals surface area contributed by atoms with Crippen molar-refractivity contribution in [2.45, 2.75) is 38.8 Å². The first-order chi connectivity index (χ1) is 8.37. The molecule has 0 radical (unpaired) electrons. The molecule has 4 heteroatoms. The number of likely N-dealkylation sites (tertiary alicyclic amines) is 1. The summed E-state index contributed by atoms with van der Waals surface area (Å²) in [7, 11) is 0. The molecule has 1 amide bonds. The molecule has 98 valence electrons. The van der Waals surface area contributed by atoms with Crippen LogP contribution in [0.1, 0.15) is 38.8 Å². The number of ether oxygens (including phenoxy) is 1. The van der Waals surface area contributed by atoms with Gasteiger partial charge in [-0.2, -0.15) is 0 Å². The molecule has 1 aliphatic heterocycles. The topological polar surface area (TPSA) is 55.6 Å². The predicted molar refractivity (Wildman–Crippen MR) is 71.2 cm³/mol. The Bertz CT molecular complexity index is 451. The fraction of sp³-hybridized carbons (Fsp3) is 0.500. The van der Waals surface area contributed by atoms with Crippen molar-refractivity contribution in [3.05, 3.63) is 29.8 Å². The first kappa shape index (κ1) is 12.7. The lowest BCUT2D eigenvalue weighted by molar-refractivity contribution is -0.00573. The Balaban J connectivity index is 2.06. The second kappa shape index (κ2) is 4.52. The van der Waals surface area contributed by atoms with Crippen molar-refractivity contribution in [3.63, 3.8) is 0 Å². The van der Waals surface area contributed by atoms with Crippen LogP contribution in [-0.4, -0.2) is 23.1 Å². The largest absolute Gasteiger partial charge is 0.444 e. The molecule has 0 spiro atoms. The third-order valence-corrected chi connectivity index (χ3v) is 2.94. The van der Waals surface area contributed by atoms with E-state index >= 15 is 0 Å². The molecule has 0 saturated carbocycles. The Hall–Kier alpha value is -1.71. The fourth-order valence-corrected chi connectivity index (χ4v) is 2.04. The van der Waals surface area contributed by atoms with E-state index in [2.05, 4.69) is 0 Å². The van der Waals surface area contributed by atoms with Crippen molar-refractivity contribution < 1.29 is 9.53 Å². The number of nitrogen functional groups attached to an aromatic ring is 1. The third kappa shape index (κ3) is 2.75. The second-order valence-electron chi connectivity index (χ2n) is 5.65. The van der Waals surface area contributed by atoms with Crippen LogP contribution in [0.3, 0.4) is 0 Å². The van der Waals surface area contributed by atoms with Gasteiger partial charge in [0.15, 0.2) is 0 Å². The molecule has 0 aromatic heterocycles. The molecule has 1 unspecified atom stereocenters. The van der Waals surface area contributed by atoms with Gasteiger partial charge in [-0.3, -0.25) is 0 Å². The number of carbonyl (C=O) groups is 1. The first-order valence-electron chi connectivity index (χ1n) is 6.22. The quantitative estimate of drug-likeness (QED) is 0.777. The molecule has 18 heavy (non-hydrogen) atoms. The van der Waals surface area contributed by atoms with Crippen molar-refractivity contribution in [2.24, 2.45) is 0 Å². The predicted octanol–water partition coefficient (Wildman–Crippen LogP) is 2.95. The number of carbonyl (C=O) groups excluding carboxylic acids is 1. The first-order valence-corrected chi connectivity index (χ1v) is 6.22. The van der Waals surface area contributed by atoms with Crippen LogP contribution >= 0.6 is 0 Å². The van der Waals surface area contributed by atoms with Gasteiger partial charge in [-0.25, -0.2) is 4.79 Å². The van der Waals surface area contributed by atoms with Gasteiger partial charge < -0.3 is 15.4 Å². The Morgan fingerprint density at radius 2 is 2.17 bits per heavy atom. The van der Waals surface area contributed by atoms with Gasteiger partial charge in [0.2, 0.25) is 0 Å². The van der Waals surface area contributed by atoms with Crippen molar-refractivity contribution >= 4 is 11.8 Å². The summed E-state index contributed by atoms with van der Waals surface area (Å²) < 4.78 is 5.38. The maximum atomic E-state index is 12.0. The zero-order valence-corrected chi connectivity index (χ0v) is 11.1. The zero-order valence-electron chi connectivity index (χ0n) is 11.1. The van der Waals surface area contributed by atoms with Gasteiger partial charge >= 0.3 is 6.09 Å². The molecule has 1 saturated heterocycles. The molecule has 1 atom stereocenters. The van der Waals surface area contributed by atoms with Crippen LogP contribution in [0.15, 0.2) is 24.3 Å². The van der Waals surface area contributed by atoms with Crippen LogP contribution in [0.5, 0.6) is 0 Å². The summed E-state index contributed by atoms with van der Waals surface area (Å²) in [5.74, 6) is 0. The van der Waals surface area contributed by atoms with Gasteiger partial charge in [0.05, 0.1) is 6.04 Å². The van der Waals surface area contributed by atoms with Gasteiger partial charge in [-0.15, -0.1) is 0 Å². The molecule has 4 nitrogen and oxygen atoms in total. The van der Waals surface area contributed by atoms with E-state index in [0.717, 1.165) is 24.2 Å².